The van der Waals surface area contributed by atoms with Gasteiger partial charge in [0.1, 0.15) is 5.82 Å². The Morgan fingerprint density at radius 3 is 2.79 bits per heavy atom. The quantitative estimate of drug-likeness (QED) is 0.661. The van der Waals surface area contributed by atoms with Gasteiger partial charge in [-0.25, -0.2) is 4.98 Å². The van der Waals surface area contributed by atoms with E-state index in [2.05, 4.69) is 20.6 Å². The fourth-order valence-corrected chi connectivity index (χ4v) is 1.55. The van der Waals surface area contributed by atoms with Crippen LogP contribution in [0.4, 0.5) is 11.8 Å². The van der Waals surface area contributed by atoms with E-state index < -0.39 is 5.60 Å². The summed E-state index contributed by atoms with van der Waals surface area (Å²) in [6.07, 6.45) is 2.33. The van der Waals surface area contributed by atoms with Crippen LogP contribution in [0, 0.1) is 6.92 Å². The third kappa shape index (κ3) is 5.40. The van der Waals surface area contributed by atoms with Crippen LogP contribution in [0.25, 0.3) is 0 Å². The molecule has 0 aromatic carbocycles. The van der Waals surface area contributed by atoms with E-state index in [1.165, 1.54) is 0 Å². The van der Waals surface area contributed by atoms with E-state index in [9.17, 15) is 5.11 Å². The van der Waals surface area contributed by atoms with Crippen molar-refractivity contribution >= 4 is 11.8 Å². The Hall–Kier alpha value is -1.40. The monoisotopic (exact) mass is 268 g/mol. The van der Waals surface area contributed by atoms with Crippen LogP contribution < -0.4 is 10.6 Å². The van der Waals surface area contributed by atoms with Crippen molar-refractivity contribution in [2.45, 2.75) is 32.8 Å². The molecule has 1 rings (SSSR count). The Kier molecular flexibility index (Phi) is 5.98. The molecule has 0 radical (unpaired) electrons. The van der Waals surface area contributed by atoms with E-state index in [-0.39, 0.29) is 0 Å². The largest absolute Gasteiger partial charge is 0.388 e. The summed E-state index contributed by atoms with van der Waals surface area (Å²) in [6, 6.07) is 0. The molecule has 0 spiro atoms. The Morgan fingerprint density at radius 2 is 2.16 bits per heavy atom. The summed E-state index contributed by atoms with van der Waals surface area (Å²) >= 11 is 0. The number of nitrogens with zero attached hydrogens (tertiary/aromatic N) is 2. The summed E-state index contributed by atoms with van der Waals surface area (Å²) < 4.78 is 4.98. The van der Waals surface area contributed by atoms with Gasteiger partial charge < -0.3 is 20.5 Å². The molecule has 1 atom stereocenters. The Balaban J connectivity index is 2.63. The molecule has 0 saturated carbocycles. The molecule has 0 amide bonds. The zero-order chi connectivity index (χ0) is 14.3. The summed E-state index contributed by atoms with van der Waals surface area (Å²) in [5.74, 6) is 1.33. The van der Waals surface area contributed by atoms with Gasteiger partial charge in [-0.1, -0.05) is 0 Å². The van der Waals surface area contributed by atoms with Crippen molar-refractivity contribution in [3.63, 3.8) is 0 Å². The highest BCUT2D eigenvalue weighted by atomic mass is 16.5. The van der Waals surface area contributed by atoms with Crippen LogP contribution in [-0.4, -0.2) is 47.5 Å². The van der Waals surface area contributed by atoms with Crippen molar-refractivity contribution < 1.29 is 9.84 Å². The Bertz CT molecular complexity index is 396. The standard InChI is InChI=1S/C13H24N4O2/c1-5-14-12-15-8-10(2)11(17-12)16-9-13(3,18)6-7-19-4/h8,18H,5-7,9H2,1-4H3,(H2,14,15,16,17). The van der Waals surface area contributed by atoms with Crippen LogP contribution in [0.5, 0.6) is 0 Å². The van der Waals surface area contributed by atoms with Gasteiger partial charge >= 0.3 is 0 Å². The first-order chi connectivity index (χ1) is 8.98. The zero-order valence-electron chi connectivity index (χ0n) is 12.2. The van der Waals surface area contributed by atoms with Gasteiger partial charge in [0.25, 0.3) is 0 Å². The number of hydrogen-bond acceptors (Lipinski definition) is 6. The molecule has 3 N–H and O–H groups in total. The molecule has 1 aromatic heterocycles. The van der Waals surface area contributed by atoms with Crippen molar-refractivity contribution in [1.82, 2.24) is 9.97 Å². The second kappa shape index (κ2) is 7.25. The number of methoxy groups -OCH3 is 1. The maximum absolute atomic E-state index is 10.2. The lowest BCUT2D eigenvalue weighted by molar-refractivity contribution is 0.0357. The summed E-state index contributed by atoms with van der Waals surface area (Å²) in [4.78, 5) is 8.55. The fourth-order valence-electron chi connectivity index (χ4n) is 1.55. The summed E-state index contributed by atoms with van der Waals surface area (Å²) in [6.45, 7) is 7.42. The third-order valence-corrected chi connectivity index (χ3v) is 2.79. The van der Waals surface area contributed by atoms with Crippen LogP contribution in [0.3, 0.4) is 0 Å². The minimum atomic E-state index is -0.828. The molecule has 6 heteroatoms. The number of rotatable bonds is 8. The molecule has 108 valence electrons. The highest BCUT2D eigenvalue weighted by Gasteiger charge is 2.20. The van der Waals surface area contributed by atoms with Gasteiger partial charge in [-0.15, -0.1) is 0 Å². The zero-order valence-corrected chi connectivity index (χ0v) is 12.2. The molecule has 1 unspecified atom stereocenters. The molecule has 0 bridgehead atoms. The van der Waals surface area contributed by atoms with Gasteiger partial charge in [-0.3, -0.25) is 0 Å². The van der Waals surface area contributed by atoms with E-state index in [0.29, 0.717) is 25.5 Å². The topological polar surface area (TPSA) is 79.3 Å². The van der Waals surface area contributed by atoms with E-state index in [4.69, 9.17) is 4.74 Å². The maximum atomic E-state index is 10.2. The van der Waals surface area contributed by atoms with E-state index >= 15 is 0 Å². The van der Waals surface area contributed by atoms with Crippen LogP contribution in [0.2, 0.25) is 0 Å². The Labute approximate surface area is 114 Å². The first kappa shape index (κ1) is 15.7. The molecule has 0 saturated heterocycles. The van der Waals surface area contributed by atoms with Crippen LogP contribution in [0.1, 0.15) is 25.8 Å². The van der Waals surface area contributed by atoms with Crippen LogP contribution in [-0.2, 0) is 4.74 Å². The van der Waals surface area contributed by atoms with Gasteiger partial charge in [0.2, 0.25) is 5.95 Å². The number of aryl methyl sites for hydroxylation is 1. The van der Waals surface area contributed by atoms with Crippen molar-refractivity contribution in [2.24, 2.45) is 0 Å². The lowest BCUT2D eigenvalue weighted by Gasteiger charge is -2.24. The molecule has 1 aromatic rings. The van der Waals surface area contributed by atoms with Gasteiger partial charge in [0.05, 0.1) is 5.60 Å². The molecule has 0 aliphatic rings. The first-order valence-corrected chi connectivity index (χ1v) is 6.51. The molecule has 0 fully saturated rings. The van der Waals surface area contributed by atoms with Crippen LogP contribution in [0.15, 0.2) is 6.20 Å². The minimum Gasteiger partial charge on any atom is -0.388 e. The number of aliphatic hydroxyl groups is 1. The first-order valence-electron chi connectivity index (χ1n) is 6.51. The normalized spacial score (nSPS) is 13.9. The van der Waals surface area contributed by atoms with Crippen molar-refractivity contribution in [3.8, 4) is 0 Å². The highest BCUT2D eigenvalue weighted by Crippen LogP contribution is 2.15. The van der Waals surface area contributed by atoms with Crippen molar-refractivity contribution in [3.05, 3.63) is 11.8 Å². The SMILES string of the molecule is CCNc1ncc(C)c(NCC(C)(O)CCOC)n1. The second-order valence-corrected chi connectivity index (χ2v) is 4.85. The molecular weight excluding hydrogens is 244 g/mol. The van der Waals surface area contributed by atoms with E-state index in [0.717, 1.165) is 17.9 Å². The summed E-state index contributed by atoms with van der Waals surface area (Å²) in [7, 11) is 1.63. The molecule has 19 heavy (non-hydrogen) atoms. The predicted octanol–water partition coefficient (Wildman–Crippen LogP) is 1.42. The average Bonchev–Trinajstić information content (AvgIpc) is 2.37. The number of ether oxygens (including phenoxy) is 1. The highest BCUT2D eigenvalue weighted by molar-refractivity contribution is 5.46. The van der Waals surface area contributed by atoms with Crippen LogP contribution >= 0.6 is 0 Å². The summed E-state index contributed by atoms with van der Waals surface area (Å²) in [5.41, 5.74) is 0.121. The van der Waals surface area contributed by atoms with E-state index in [1.54, 1.807) is 20.2 Å². The molecule has 6 nitrogen and oxygen atoms in total. The molecule has 0 aliphatic heterocycles. The molecule has 1 heterocycles. The Morgan fingerprint density at radius 1 is 1.42 bits per heavy atom. The number of aromatic nitrogens is 2. The lowest BCUT2D eigenvalue weighted by Crippen LogP contribution is -2.35. The lowest BCUT2D eigenvalue weighted by atomic mass is 10.0. The molecular formula is C13H24N4O2. The fraction of sp³-hybridized carbons (Fsp3) is 0.692. The summed E-state index contributed by atoms with van der Waals surface area (Å²) in [5, 5.41) is 16.4. The smallest absolute Gasteiger partial charge is 0.224 e. The number of hydrogen-bond donors (Lipinski definition) is 3. The second-order valence-electron chi connectivity index (χ2n) is 4.85. The third-order valence-electron chi connectivity index (χ3n) is 2.79. The number of anilines is 2. The predicted molar refractivity (Wildman–Crippen MR) is 76.5 cm³/mol. The van der Waals surface area contributed by atoms with Gasteiger partial charge in [0, 0.05) is 45.0 Å². The van der Waals surface area contributed by atoms with Gasteiger partial charge in [0.15, 0.2) is 0 Å². The van der Waals surface area contributed by atoms with Gasteiger partial charge in [-0.2, -0.15) is 4.98 Å². The van der Waals surface area contributed by atoms with Crippen molar-refractivity contribution in [1.29, 1.82) is 0 Å². The minimum absolute atomic E-state index is 0.416. The van der Waals surface area contributed by atoms with Gasteiger partial charge in [-0.05, 0) is 20.8 Å². The van der Waals surface area contributed by atoms with E-state index in [1.807, 2.05) is 13.8 Å². The van der Waals surface area contributed by atoms with Crippen molar-refractivity contribution in [2.75, 3.05) is 37.4 Å². The average molecular weight is 268 g/mol. The number of nitrogens with one attached hydrogen (secondary N) is 2. The maximum Gasteiger partial charge on any atom is 0.224 e. The molecule has 0 aliphatic carbocycles.